The molecule has 0 aromatic heterocycles. The maximum atomic E-state index is 4.21. The standard InChI is InChI=1S/C13H23N.C11H16.C5H12.C2H6/c1-5-7-9-13(8-6-2)11(3)10-12(4)14-13;1-4-5-6-7-8-9-10-11(2)3;1-3-5-4-2;1-2/h14H,3-10H2,1-2H3;4-8H,1-2,9-10H2,3H3;3-5H2,1-2H3;1-2H3/b;6-5-,8-7-;;. The molecule has 0 spiro atoms. The minimum Gasteiger partial charge on any atom is -0.379 e. The van der Waals surface area contributed by atoms with Crippen LogP contribution in [0.15, 0.2) is 73.5 Å². The third-order valence-electron chi connectivity index (χ3n) is 5.09. The van der Waals surface area contributed by atoms with Crippen LogP contribution in [0.3, 0.4) is 0 Å². The molecular formula is C31H57N. The molecule has 0 bridgehead atoms. The number of hydrogen-bond donors (Lipinski definition) is 1. The largest absolute Gasteiger partial charge is 0.379 e. The second-order valence-electron chi connectivity index (χ2n) is 8.34. The second kappa shape index (κ2) is 25.5. The summed E-state index contributed by atoms with van der Waals surface area (Å²) in [4.78, 5) is 0. The number of rotatable bonds is 12. The van der Waals surface area contributed by atoms with Gasteiger partial charge in [-0.15, -0.1) is 6.58 Å². The molecular weight excluding hydrogens is 386 g/mol. The molecule has 1 N–H and O–H groups in total. The van der Waals surface area contributed by atoms with Crippen molar-refractivity contribution in [3.05, 3.63) is 73.5 Å². The smallest absolute Gasteiger partial charge is 0.0583 e. The summed E-state index contributed by atoms with van der Waals surface area (Å²) in [6, 6.07) is 0. The highest BCUT2D eigenvalue weighted by Crippen LogP contribution is 2.37. The van der Waals surface area contributed by atoms with E-state index in [1.165, 1.54) is 62.5 Å². The number of allylic oxidation sites excluding steroid dienone is 7. The summed E-state index contributed by atoms with van der Waals surface area (Å²) >= 11 is 0. The van der Waals surface area contributed by atoms with Crippen LogP contribution in [0, 0.1) is 0 Å². The van der Waals surface area contributed by atoms with Crippen molar-refractivity contribution in [3.8, 4) is 0 Å². The van der Waals surface area contributed by atoms with Gasteiger partial charge >= 0.3 is 0 Å². The zero-order valence-corrected chi connectivity index (χ0v) is 23.0. The van der Waals surface area contributed by atoms with E-state index in [-0.39, 0.29) is 5.54 Å². The van der Waals surface area contributed by atoms with Gasteiger partial charge in [0, 0.05) is 12.1 Å². The monoisotopic (exact) mass is 443 g/mol. The maximum Gasteiger partial charge on any atom is 0.0583 e. The normalized spacial score (nSPS) is 17.0. The van der Waals surface area contributed by atoms with Gasteiger partial charge in [0.25, 0.3) is 0 Å². The summed E-state index contributed by atoms with van der Waals surface area (Å²) in [5.74, 6) is 0. The molecule has 1 aliphatic rings. The van der Waals surface area contributed by atoms with E-state index in [1.54, 1.807) is 6.08 Å². The van der Waals surface area contributed by atoms with Gasteiger partial charge in [0.05, 0.1) is 5.54 Å². The Morgan fingerprint density at radius 3 is 1.88 bits per heavy atom. The van der Waals surface area contributed by atoms with Crippen molar-refractivity contribution in [2.24, 2.45) is 0 Å². The van der Waals surface area contributed by atoms with Crippen molar-refractivity contribution in [2.75, 3.05) is 0 Å². The molecule has 1 saturated heterocycles. The van der Waals surface area contributed by atoms with E-state index in [0.29, 0.717) is 0 Å². The van der Waals surface area contributed by atoms with Crippen molar-refractivity contribution in [2.45, 2.75) is 125 Å². The first-order valence-electron chi connectivity index (χ1n) is 13.1. The zero-order chi connectivity index (χ0) is 25.3. The minimum atomic E-state index is 0.182. The SMILES string of the molecule is C=C/C=C\C=C/CCC(=C)C.C=C1CC(=C)C(CCC)(CCCC)N1.CC.CCCCC. The first-order chi connectivity index (χ1) is 15.3. The van der Waals surface area contributed by atoms with E-state index in [2.05, 4.69) is 65.4 Å². The van der Waals surface area contributed by atoms with Crippen molar-refractivity contribution < 1.29 is 0 Å². The van der Waals surface area contributed by atoms with Gasteiger partial charge in [0.2, 0.25) is 0 Å². The highest BCUT2D eigenvalue weighted by atomic mass is 15.0. The molecule has 1 heterocycles. The predicted octanol–water partition coefficient (Wildman–Crippen LogP) is 10.6. The molecule has 1 nitrogen and oxygen atoms in total. The van der Waals surface area contributed by atoms with Crippen molar-refractivity contribution >= 4 is 0 Å². The molecule has 0 saturated carbocycles. The molecule has 32 heavy (non-hydrogen) atoms. The zero-order valence-electron chi connectivity index (χ0n) is 23.0. The lowest BCUT2D eigenvalue weighted by atomic mass is 9.83. The molecule has 0 radical (unpaired) electrons. The molecule has 1 rings (SSSR count). The molecule has 0 aliphatic carbocycles. The van der Waals surface area contributed by atoms with Gasteiger partial charge < -0.3 is 5.32 Å². The number of hydrogen-bond acceptors (Lipinski definition) is 1. The van der Waals surface area contributed by atoms with Crippen LogP contribution in [-0.4, -0.2) is 5.54 Å². The molecule has 0 amide bonds. The van der Waals surface area contributed by atoms with E-state index in [9.17, 15) is 0 Å². The fourth-order valence-corrected chi connectivity index (χ4v) is 3.41. The summed E-state index contributed by atoms with van der Waals surface area (Å²) in [5.41, 5.74) is 3.92. The Kier molecular flexibility index (Phi) is 27.8. The molecule has 0 aromatic rings. The van der Waals surface area contributed by atoms with E-state index in [0.717, 1.165) is 25.0 Å². The summed E-state index contributed by atoms with van der Waals surface area (Å²) < 4.78 is 0. The van der Waals surface area contributed by atoms with E-state index < -0.39 is 0 Å². The van der Waals surface area contributed by atoms with Gasteiger partial charge in [-0.3, -0.25) is 0 Å². The molecule has 1 aliphatic heterocycles. The van der Waals surface area contributed by atoms with Crippen LogP contribution in [0.1, 0.15) is 119 Å². The fourth-order valence-electron chi connectivity index (χ4n) is 3.41. The minimum absolute atomic E-state index is 0.182. The average Bonchev–Trinajstić information content (AvgIpc) is 3.05. The Balaban J connectivity index is -0.000000416. The molecule has 0 aromatic carbocycles. The molecule has 1 heteroatoms. The van der Waals surface area contributed by atoms with Gasteiger partial charge in [0.15, 0.2) is 0 Å². The quantitative estimate of drug-likeness (QED) is 0.233. The third kappa shape index (κ3) is 20.2. The van der Waals surface area contributed by atoms with E-state index >= 15 is 0 Å². The van der Waals surface area contributed by atoms with Gasteiger partial charge in [-0.25, -0.2) is 0 Å². The van der Waals surface area contributed by atoms with Crippen LogP contribution < -0.4 is 5.32 Å². The summed E-state index contributed by atoms with van der Waals surface area (Å²) in [6.45, 7) is 30.6. The Labute approximate surface area is 203 Å². The Hall–Kier alpha value is -1.76. The highest BCUT2D eigenvalue weighted by Gasteiger charge is 2.36. The summed E-state index contributed by atoms with van der Waals surface area (Å²) in [7, 11) is 0. The molecule has 186 valence electrons. The van der Waals surface area contributed by atoms with Crippen molar-refractivity contribution in [1.29, 1.82) is 0 Å². The lowest BCUT2D eigenvalue weighted by Crippen LogP contribution is -2.39. The van der Waals surface area contributed by atoms with Crippen LogP contribution in [0.5, 0.6) is 0 Å². The Morgan fingerprint density at radius 1 is 0.906 bits per heavy atom. The first-order valence-corrected chi connectivity index (χ1v) is 13.1. The summed E-state index contributed by atoms with van der Waals surface area (Å²) in [6.07, 6.45) is 23.2. The van der Waals surface area contributed by atoms with Crippen LogP contribution in [0.4, 0.5) is 0 Å². The van der Waals surface area contributed by atoms with Crippen molar-refractivity contribution in [3.63, 3.8) is 0 Å². The lowest BCUT2D eigenvalue weighted by Gasteiger charge is -2.31. The van der Waals surface area contributed by atoms with E-state index in [4.69, 9.17) is 0 Å². The molecule has 1 atom stereocenters. The van der Waals surface area contributed by atoms with Crippen LogP contribution in [-0.2, 0) is 0 Å². The topological polar surface area (TPSA) is 12.0 Å². The second-order valence-corrected chi connectivity index (χ2v) is 8.34. The van der Waals surface area contributed by atoms with Gasteiger partial charge in [-0.2, -0.15) is 0 Å². The van der Waals surface area contributed by atoms with Crippen LogP contribution in [0.25, 0.3) is 0 Å². The average molecular weight is 444 g/mol. The molecule has 1 fully saturated rings. The van der Waals surface area contributed by atoms with Crippen molar-refractivity contribution in [1.82, 2.24) is 5.32 Å². The van der Waals surface area contributed by atoms with Gasteiger partial charge in [-0.05, 0) is 38.2 Å². The van der Waals surface area contributed by atoms with Crippen LogP contribution >= 0.6 is 0 Å². The van der Waals surface area contributed by atoms with Gasteiger partial charge in [-0.1, -0.05) is 136 Å². The first kappa shape index (κ1) is 34.8. The lowest BCUT2D eigenvalue weighted by molar-refractivity contribution is 0.374. The molecule has 1 unspecified atom stereocenters. The van der Waals surface area contributed by atoms with Crippen LogP contribution in [0.2, 0.25) is 0 Å². The maximum absolute atomic E-state index is 4.21. The number of nitrogens with one attached hydrogen (secondary N) is 1. The predicted molar refractivity (Wildman–Crippen MR) is 152 cm³/mol. The Morgan fingerprint density at radius 2 is 1.50 bits per heavy atom. The van der Waals surface area contributed by atoms with Gasteiger partial charge in [0.1, 0.15) is 0 Å². The third-order valence-corrected chi connectivity index (χ3v) is 5.09. The highest BCUT2D eigenvalue weighted by molar-refractivity contribution is 5.31. The summed E-state index contributed by atoms with van der Waals surface area (Å²) in [5, 5.41) is 3.56. The Bertz CT molecular complexity index is 533. The van der Waals surface area contributed by atoms with E-state index in [1.807, 2.05) is 39.0 Å². The number of unbranched alkanes of at least 4 members (excludes halogenated alkanes) is 3. The fraction of sp³-hybridized carbons (Fsp3) is 0.613.